The van der Waals surface area contributed by atoms with Gasteiger partial charge in [0, 0.05) is 29.8 Å². The summed E-state index contributed by atoms with van der Waals surface area (Å²) in [5, 5.41) is 4.37. The van der Waals surface area contributed by atoms with Gasteiger partial charge in [0.2, 0.25) is 10.0 Å². The summed E-state index contributed by atoms with van der Waals surface area (Å²) >= 11 is 9.07. The second-order valence-electron chi connectivity index (χ2n) is 5.18. The molecule has 0 unspecified atom stereocenters. The molecule has 0 spiro atoms. The van der Waals surface area contributed by atoms with Crippen LogP contribution in [0.3, 0.4) is 0 Å². The molecule has 130 valence electrons. The maximum atomic E-state index is 12.3. The summed E-state index contributed by atoms with van der Waals surface area (Å²) < 4.78 is 29.5. The third-order valence-electron chi connectivity index (χ3n) is 3.40. The Hall–Kier alpha value is -1.74. The van der Waals surface area contributed by atoms with Crippen LogP contribution < -0.4 is 4.72 Å². The van der Waals surface area contributed by atoms with E-state index < -0.39 is 10.0 Å². The summed E-state index contributed by atoms with van der Waals surface area (Å²) in [6.45, 7) is 0.205. The number of pyridine rings is 1. The van der Waals surface area contributed by atoms with Crippen LogP contribution in [0.1, 0.15) is 5.69 Å². The zero-order valence-corrected chi connectivity index (χ0v) is 16.1. The quantitative estimate of drug-likeness (QED) is 0.596. The van der Waals surface area contributed by atoms with E-state index in [2.05, 4.69) is 30.7 Å². The molecule has 0 aliphatic heterocycles. The van der Waals surface area contributed by atoms with Gasteiger partial charge in [-0.1, -0.05) is 29.8 Å². The van der Waals surface area contributed by atoms with Crippen molar-refractivity contribution in [3.63, 3.8) is 0 Å². The van der Waals surface area contributed by atoms with Gasteiger partial charge in [0.25, 0.3) is 0 Å². The van der Waals surface area contributed by atoms with Crippen molar-refractivity contribution in [2.45, 2.75) is 11.3 Å². The number of nitrogens with one attached hydrogen (secondary N) is 1. The average Bonchev–Trinajstić information content (AvgIpc) is 3.06. The predicted molar refractivity (Wildman–Crippen MR) is 99.4 cm³/mol. The summed E-state index contributed by atoms with van der Waals surface area (Å²) in [5.41, 5.74) is 1.73. The van der Waals surface area contributed by atoms with Crippen LogP contribution in [0.2, 0.25) is 5.15 Å². The average molecular weight is 442 g/mol. The lowest BCUT2D eigenvalue weighted by Gasteiger charge is -2.07. The van der Waals surface area contributed by atoms with Crippen LogP contribution in [0, 0.1) is 0 Å². The van der Waals surface area contributed by atoms with Crippen molar-refractivity contribution in [1.29, 1.82) is 0 Å². The first-order valence-corrected chi connectivity index (χ1v) is 10.0. The molecule has 0 atom stereocenters. The monoisotopic (exact) mass is 440 g/mol. The minimum atomic E-state index is -3.74. The molecule has 1 aromatic carbocycles. The van der Waals surface area contributed by atoms with E-state index in [0.717, 1.165) is 11.4 Å². The number of sulfonamides is 1. The second kappa shape index (κ2) is 7.65. The highest BCUT2D eigenvalue weighted by Gasteiger charge is 2.19. The van der Waals surface area contributed by atoms with Crippen LogP contribution in [0.5, 0.6) is 0 Å². The molecule has 0 amide bonds. The Labute approximate surface area is 159 Å². The van der Waals surface area contributed by atoms with Crippen molar-refractivity contribution in [1.82, 2.24) is 19.5 Å². The number of halogens is 2. The van der Waals surface area contributed by atoms with Crippen LogP contribution in [0.25, 0.3) is 5.69 Å². The molecule has 0 saturated heterocycles. The Bertz CT molecular complexity index is 977. The van der Waals surface area contributed by atoms with Gasteiger partial charge in [-0.3, -0.25) is 0 Å². The number of para-hydroxylation sites is 1. The van der Waals surface area contributed by atoms with E-state index in [1.807, 2.05) is 42.6 Å². The molecule has 0 saturated carbocycles. The van der Waals surface area contributed by atoms with Crippen LogP contribution in [-0.4, -0.2) is 29.7 Å². The smallest absolute Gasteiger partial charge is 0.242 e. The summed E-state index contributed by atoms with van der Waals surface area (Å²) in [4.78, 5) is 3.77. The fraction of sp³-hybridized carbons (Fsp3) is 0.125. The third kappa shape index (κ3) is 4.46. The number of aromatic nitrogens is 3. The first-order valence-electron chi connectivity index (χ1n) is 7.36. The lowest BCUT2D eigenvalue weighted by atomic mass is 10.3. The van der Waals surface area contributed by atoms with E-state index in [4.69, 9.17) is 11.6 Å². The van der Waals surface area contributed by atoms with Gasteiger partial charge in [-0.2, -0.15) is 5.10 Å². The summed E-state index contributed by atoms with van der Waals surface area (Å²) in [6, 6.07) is 13.0. The lowest BCUT2D eigenvalue weighted by Crippen LogP contribution is -2.26. The van der Waals surface area contributed by atoms with Gasteiger partial charge in [0.1, 0.15) is 10.0 Å². The Morgan fingerprint density at radius 2 is 1.96 bits per heavy atom. The Morgan fingerprint density at radius 3 is 2.72 bits per heavy atom. The molecule has 0 bridgehead atoms. The molecular weight excluding hydrogens is 428 g/mol. The van der Waals surface area contributed by atoms with E-state index in [1.165, 1.54) is 12.3 Å². The normalized spacial score (nSPS) is 11.6. The zero-order chi connectivity index (χ0) is 17.9. The molecule has 1 N–H and O–H groups in total. The van der Waals surface area contributed by atoms with Gasteiger partial charge in [-0.05, 0) is 40.2 Å². The van der Waals surface area contributed by atoms with Gasteiger partial charge < -0.3 is 0 Å². The molecule has 0 radical (unpaired) electrons. The molecule has 0 aliphatic carbocycles. The van der Waals surface area contributed by atoms with Crippen LogP contribution in [-0.2, 0) is 16.4 Å². The Kier molecular flexibility index (Phi) is 5.53. The molecule has 2 heterocycles. The fourth-order valence-corrected chi connectivity index (χ4v) is 4.18. The maximum Gasteiger partial charge on any atom is 0.243 e. The number of hydrogen-bond acceptors (Lipinski definition) is 4. The number of rotatable bonds is 6. The Morgan fingerprint density at radius 1 is 1.20 bits per heavy atom. The van der Waals surface area contributed by atoms with Gasteiger partial charge in [0.15, 0.2) is 0 Å². The van der Waals surface area contributed by atoms with Crippen LogP contribution in [0.15, 0.2) is 64.2 Å². The maximum absolute atomic E-state index is 12.3. The largest absolute Gasteiger partial charge is 0.243 e. The molecule has 0 aliphatic rings. The first-order chi connectivity index (χ1) is 12.0. The molecule has 6 nitrogen and oxygen atoms in total. The minimum absolute atomic E-state index is 0.0571. The van der Waals surface area contributed by atoms with Crippen molar-refractivity contribution in [3.05, 3.63) is 70.2 Å². The van der Waals surface area contributed by atoms with Crippen LogP contribution in [0.4, 0.5) is 0 Å². The van der Waals surface area contributed by atoms with Gasteiger partial charge in [-0.25, -0.2) is 22.8 Å². The van der Waals surface area contributed by atoms with Crippen molar-refractivity contribution >= 4 is 37.6 Å². The molecule has 3 rings (SSSR count). The molecule has 9 heteroatoms. The topological polar surface area (TPSA) is 76.9 Å². The summed E-state index contributed by atoms with van der Waals surface area (Å²) in [5.74, 6) is 0. The van der Waals surface area contributed by atoms with Crippen molar-refractivity contribution in [2.75, 3.05) is 6.54 Å². The van der Waals surface area contributed by atoms with E-state index in [-0.39, 0.29) is 16.6 Å². The molecule has 2 aromatic heterocycles. The van der Waals surface area contributed by atoms with E-state index in [1.54, 1.807) is 4.68 Å². The van der Waals surface area contributed by atoms with Crippen LogP contribution >= 0.6 is 27.5 Å². The number of hydrogen-bond donors (Lipinski definition) is 1. The van der Waals surface area contributed by atoms with Crippen molar-refractivity contribution in [2.24, 2.45) is 0 Å². The Balaban J connectivity index is 1.65. The van der Waals surface area contributed by atoms with Crippen molar-refractivity contribution in [3.8, 4) is 5.69 Å². The molecular formula is C16H14BrClN4O2S. The number of benzene rings is 1. The second-order valence-corrected chi connectivity index (χ2v) is 8.19. The van der Waals surface area contributed by atoms with Gasteiger partial charge in [0.05, 0.1) is 11.4 Å². The third-order valence-corrected chi connectivity index (χ3v) is 5.72. The highest BCUT2D eigenvalue weighted by atomic mass is 79.9. The fourth-order valence-electron chi connectivity index (χ4n) is 2.20. The summed E-state index contributed by atoms with van der Waals surface area (Å²) in [7, 11) is -3.74. The summed E-state index contributed by atoms with van der Waals surface area (Å²) in [6.07, 6.45) is 3.74. The standard InChI is InChI=1S/C16H14BrClN4O2S/c17-12-10-15(16(18)19-11-12)25(23,24)20-8-6-13-7-9-22(21-13)14-4-2-1-3-5-14/h1-5,7,9-11,20H,6,8H2. The highest BCUT2D eigenvalue weighted by molar-refractivity contribution is 9.10. The molecule has 25 heavy (non-hydrogen) atoms. The number of nitrogens with zero attached hydrogens (tertiary/aromatic N) is 3. The highest BCUT2D eigenvalue weighted by Crippen LogP contribution is 2.22. The van der Waals surface area contributed by atoms with E-state index in [9.17, 15) is 8.42 Å². The zero-order valence-electron chi connectivity index (χ0n) is 12.9. The van der Waals surface area contributed by atoms with E-state index in [0.29, 0.717) is 10.9 Å². The molecule has 0 fully saturated rings. The predicted octanol–water partition coefficient (Wildman–Crippen LogP) is 3.20. The molecule has 3 aromatic rings. The lowest BCUT2D eigenvalue weighted by molar-refractivity contribution is 0.580. The first kappa shape index (κ1) is 18.1. The van der Waals surface area contributed by atoms with E-state index >= 15 is 0 Å². The van der Waals surface area contributed by atoms with Crippen molar-refractivity contribution < 1.29 is 8.42 Å². The minimum Gasteiger partial charge on any atom is -0.242 e. The van der Waals surface area contributed by atoms with Gasteiger partial charge >= 0.3 is 0 Å². The van der Waals surface area contributed by atoms with Gasteiger partial charge in [-0.15, -0.1) is 0 Å². The SMILES string of the molecule is O=S(=O)(NCCc1ccn(-c2ccccc2)n1)c1cc(Br)cnc1Cl.